The lowest BCUT2D eigenvalue weighted by Gasteiger charge is -2.15. The molecule has 3 rings (SSSR count). The summed E-state index contributed by atoms with van der Waals surface area (Å²) in [6.45, 7) is 0. The van der Waals surface area contributed by atoms with E-state index < -0.39 is 0 Å². The van der Waals surface area contributed by atoms with Gasteiger partial charge in [0.1, 0.15) is 5.82 Å². The molecule has 0 atom stereocenters. The molecule has 1 aliphatic rings. The van der Waals surface area contributed by atoms with Crippen molar-refractivity contribution in [2.24, 2.45) is 0 Å². The predicted octanol–water partition coefficient (Wildman–Crippen LogP) is 3.79. The van der Waals surface area contributed by atoms with Crippen molar-refractivity contribution in [1.29, 1.82) is 0 Å². The first-order valence-electron chi connectivity index (χ1n) is 5.85. The van der Waals surface area contributed by atoms with Crippen molar-refractivity contribution in [2.45, 2.75) is 19.3 Å². The van der Waals surface area contributed by atoms with Crippen LogP contribution in [0.1, 0.15) is 28.9 Å². The van der Waals surface area contributed by atoms with Crippen molar-refractivity contribution in [2.75, 3.05) is 0 Å². The largest absolute Gasteiger partial charge is 0.317 e. The summed E-state index contributed by atoms with van der Waals surface area (Å²) in [7, 11) is 0. The highest BCUT2D eigenvalue weighted by molar-refractivity contribution is 6.30. The van der Waals surface area contributed by atoms with Gasteiger partial charge < -0.3 is 4.57 Å². The number of aromatic nitrogens is 1. The standard InChI is InChI=1S/C14H11ClFNO/c15-9-4-5-11(16)13(8-9)17-7-6-10-12(17)2-1-3-14(10)18/h4-8H,1-3H2. The maximum absolute atomic E-state index is 13.8. The van der Waals surface area contributed by atoms with Gasteiger partial charge in [-0.3, -0.25) is 4.79 Å². The molecule has 92 valence electrons. The number of fused-ring (bicyclic) bond motifs is 1. The Morgan fingerprint density at radius 1 is 1.22 bits per heavy atom. The number of ketones is 1. The smallest absolute Gasteiger partial charge is 0.164 e. The van der Waals surface area contributed by atoms with E-state index in [-0.39, 0.29) is 11.6 Å². The molecule has 0 aliphatic heterocycles. The van der Waals surface area contributed by atoms with Crippen LogP contribution in [0.5, 0.6) is 0 Å². The van der Waals surface area contributed by atoms with Crippen molar-refractivity contribution < 1.29 is 9.18 Å². The monoisotopic (exact) mass is 263 g/mol. The molecule has 4 heteroatoms. The van der Waals surface area contributed by atoms with Crippen LogP contribution in [0.2, 0.25) is 5.02 Å². The minimum Gasteiger partial charge on any atom is -0.317 e. The fourth-order valence-corrected chi connectivity index (χ4v) is 2.59. The first kappa shape index (κ1) is 11.5. The fraction of sp³-hybridized carbons (Fsp3) is 0.214. The number of benzene rings is 1. The average Bonchev–Trinajstić information content (AvgIpc) is 2.77. The molecule has 0 N–H and O–H groups in total. The highest BCUT2D eigenvalue weighted by atomic mass is 35.5. The zero-order valence-corrected chi connectivity index (χ0v) is 10.4. The van der Waals surface area contributed by atoms with Crippen LogP contribution in [-0.4, -0.2) is 10.4 Å². The summed E-state index contributed by atoms with van der Waals surface area (Å²) in [6.07, 6.45) is 3.93. The number of carbonyl (C=O) groups is 1. The van der Waals surface area contributed by atoms with Gasteiger partial charge in [-0.1, -0.05) is 11.6 Å². The Morgan fingerprint density at radius 3 is 2.89 bits per heavy atom. The van der Waals surface area contributed by atoms with Crippen LogP contribution < -0.4 is 0 Å². The third kappa shape index (κ3) is 1.75. The first-order chi connectivity index (χ1) is 8.66. The number of hydrogen-bond donors (Lipinski definition) is 0. The third-order valence-electron chi connectivity index (χ3n) is 3.28. The van der Waals surface area contributed by atoms with E-state index in [1.54, 1.807) is 22.9 Å². The topological polar surface area (TPSA) is 22.0 Å². The van der Waals surface area contributed by atoms with Crippen molar-refractivity contribution in [1.82, 2.24) is 4.57 Å². The second kappa shape index (κ2) is 4.25. The molecule has 1 aromatic carbocycles. The number of nitrogens with zero attached hydrogens (tertiary/aromatic N) is 1. The van der Waals surface area contributed by atoms with Gasteiger partial charge in [0.25, 0.3) is 0 Å². The number of halogens is 2. The minimum atomic E-state index is -0.337. The molecule has 0 spiro atoms. The maximum atomic E-state index is 13.8. The lowest BCUT2D eigenvalue weighted by atomic mass is 9.97. The molecule has 0 saturated carbocycles. The van der Waals surface area contributed by atoms with E-state index >= 15 is 0 Å². The molecular formula is C14H11ClFNO. The van der Waals surface area contributed by atoms with Crippen LogP contribution in [0.4, 0.5) is 4.39 Å². The highest BCUT2D eigenvalue weighted by Crippen LogP contribution is 2.27. The second-order valence-corrected chi connectivity index (χ2v) is 4.86. The molecule has 0 bridgehead atoms. The Morgan fingerprint density at radius 2 is 2.06 bits per heavy atom. The van der Waals surface area contributed by atoms with Gasteiger partial charge in [-0.05, 0) is 37.1 Å². The summed E-state index contributed by atoms with van der Waals surface area (Å²) >= 11 is 5.90. The molecule has 2 nitrogen and oxygen atoms in total. The SMILES string of the molecule is O=C1CCCc2c1ccn2-c1cc(Cl)ccc1F. The number of hydrogen-bond acceptors (Lipinski definition) is 1. The van der Waals surface area contributed by atoms with E-state index in [1.165, 1.54) is 12.1 Å². The zero-order chi connectivity index (χ0) is 12.7. The Bertz CT molecular complexity index is 633. The van der Waals surface area contributed by atoms with Crippen LogP contribution in [0.25, 0.3) is 5.69 Å². The summed E-state index contributed by atoms with van der Waals surface area (Å²) in [5.41, 5.74) is 1.99. The lowest BCUT2D eigenvalue weighted by Crippen LogP contribution is -2.12. The predicted molar refractivity (Wildman–Crippen MR) is 68.0 cm³/mol. The lowest BCUT2D eigenvalue weighted by molar-refractivity contribution is 0.0972. The molecular weight excluding hydrogens is 253 g/mol. The van der Waals surface area contributed by atoms with Gasteiger partial charge in [-0.15, -0.1) is 0 Å². The van der Waals surface area contributed by atoms with Crippen molar-refractivity contribution in [3.63, 3.8) is 0 Å². The van der Waals surface area contributed by atoms with Crippen molar-refractivity contribution >= 4 is 17.4 Å². The normalized spacial score (nSPS) is 14.7. The highest BCUT2D eigenvalue weighted by Gasteiger charge is 2.22. The molecule has 1 heterocycles. The fourth-order valence-electron chi connectivity index (χ4n) is 2.42. The van der Waals surface area contributed by atoms with E-state index in [4.69, 9.17) is 11.6 Å². The molecule has 1 aliphatic carbocycles. The van der Waals surface area contributed by atoms with Gasteiger partial charge >= 0.3 is 0 Å². The van der Waals surface area contributed by atoms with Crippen LogP contribution in [0.3, 0.4) is 0 Å². The summed E-state index contributed by atoms with van der Waals surface area (Å²) in [5.74, 6) is -0.201. The molecule has 0 saturated heterocycles. The average molecular weight is 264 g/mol. The van der Waals surface area contributed by atoms with Gasteiger partial charge in [0.15, 0.2) is 5.78 Å². The number of Topliss-reactive ketones (excluding diaryl/α,β-unsaturated/α-hetero) is 1. The zero-order valence-electron chi connectivity index (χ0n) is 9.62. The third-order valence-corrected chi connectivity index (χ3v) is 3.51. The van der Waals surface area contributed by atoms with E-state index in [0.29, 0.717) is 22.7 Å². The maximum Gasteiger partial charge on any atom is 0.164 e. The molecule has 1 aromatic heterocycles. The van der Waals surface area contributed by atoms with Crippen LogP contribution in [-0.2, 0) is 6.42 Å². The van der Waals surface area contributed by atoms with E-state index in [2.05, 4.69) is 0 Å². The summed E-state index contributed by atoms with van der Waals surface area (Å²) in [4.78, 5) is 11.7. The van der Waals surface area contributed by atoms with Gasteiger partial charge in [0, 0.05) is 28.9 Å². The van der Waals surface area contributed by atoms with Crippen LogP contribution in [0.15, 0.2) is 30.5 Å². The number of rotatable bonds is 1. The molecule has 0 unspecified atom stereocenters. The van der Waals surface area contributed by atoms with Gasteiger partial charge in [-0.2, -0.15) is 0 Å². The van der Waals surface area contributed by atoms with Gasteiger partial charge in [0.05, 0.1) is 5.69 Å². The second-order valence-electron chi connectivity index (χ2n) is 4.42. The van der Waals surface area contributed by atoms with Gasteiger partial charge in [0.2, 0.25) is 0 Å². The Labute approximate surface area is 109 Å². The Kier molecular flexibility index (Phi) is 2.71. The van der Waals surface area contributed by atoms with Gasteiger partial charge in [-0.25, -0.2) is 4.39 Å². The minimum absolute atomic E-state index is 0.137. The van der Waals surface area contributed by atoms with Crippen molar-refractivity contribution in [3.8, 4) is 5.69 Å². The molecule has 2 aromatic rings. The number of carbonyl (C=O) groups excluding carboxylic acids is 1. The van der Waals surface area contributed by atoms with E-state index in [9.17, 15) is 9.18 Å². The molecule has 0 fully saturated rings. The van der Waals surface area contributed by atoms with E-state index in [0.717, 1.165) is 18.5 Å². The van der Waals surface area contributed by atoms with E-state index in [1.807, 2.05) is 0 Å². The Hall–Kier alpha value is -1.61. The molecule has 18 heavy (non-hydrogen) atoms. The molecule has 0 amide bonds. The first-order valence-corrected chi connectivity index (χ1v) is 6.23. The molecule has 0 radical (unpaired) electrons. The summed E-state index contributed by atoms with van der Waals surface area (Å²) < 4.78 is 15.6. The van der Waals surface area contributed by atoms with Crippen LogP contribution in [0, 0.1) is 5.82 Å². The quantitative estimate of drug-likeness (QED) is 0.767. The summed E-state index contributed by atoms with van der Waals surface area (Å²) in [5, 5.41) is 0.482. The van der Waals surface area contributed by atoms with Crippen LogP contribution >= 0.6 is 11.6 Å². The van der Waals surface area contributed by atoms with Crippen molar-refractivity contribution in [3.05, 3.63) is 52.6 Å². The Balaban J connectivity index is 2.18. The summed E-state index contributed by atoms with van der Waals surface area (Å²) in [6, 6.07) is 6.20.